The first-order chi connectivity index (χ1) is 8.88. The minimum atomic E-state index is -3.69. The van der Waals surface area contributed by atoms with Gasteiger partial charge in [-0.3, -0.25) is 4.72 Å². The summed E-state index contributed by atoms with van der Waals surface area (Å²) in [7, 11) is -3.69. The maximum Gasteiger partial charge on any atom is 0.263 e. The summed E-state index contributed by atoms with van der Waals surface area (Å²) in [6.07, 6.45) is 1.19. The third-order valence-corrected chi connectivity index (χ3v) is 4.76. The number of nitrogens with zero attached hydrogens (tertiary/aromatic N) is 2. The van der Waals surface area contributed by atoms with Gasteiger partial charge >= 0.3 is 0 Å². The van der Waals surface area contributed by atoms with Crippen LogP contribution in [0.2, 0.25) is 5.15 Å². The lowest BCUT2D eigenvalue weighted by atomic mass is 10.2. The van der Waals surface area contributed by atoms with Crippen molar-refractivity contribution >= 4 is 43.4 Å². The van der Waals surface area contributed by atoms with Crippen molar-refractivity contribution in [1.29, 1.82) is 0 Å². The predicted molar refractivity (Wildman–Crippen MR) is 76.7 cm³/mol. The van der Waals surface area contributed by atoms with Gasteiger partial charge in [0.25, 0.3) is 10.0 Å². The smallest absolute Gasteiger partial charge is 0.263 e. The lowest BCUT2D eigenvalue weighted by Crippen LogP contribution is -2.14. The number of rotatable bonds is 3. The first-order valence-electron chi connectivity index (χ1n) is 5.15. The van der Waals surface area contributed by atoms with Crippen LogP contribution in [0.4, 0.5) is 5.82 Å². The first kappa shape index (κ1) is 14.2. The van der Waals surface area contributed by atoms with Crippen LogP contribution in [0.15, 0.2) is 40.0 Å². The molecule has 100 valence electrons. The van der Waals surface area contributed by atoms with Crippen LogP contribution in [-0.4, -0.2) is 18.4 Å². The molecule has 0 amide bonds. The van der Waals surface area contributed by atoms with Crippen LogP contribution in [0, 0.1) is 6.92 Å². The second kappa shape index (κ2) is 5.44. The molecule has 0 saturated carbocycles. The average molecular weight is 363 g/mol. The van der Waals surface area contributed by atoms with Crippen molar-refractivity contribution in [3.8, 4) is 0 Å². The van der Waals surface area contributed by atoms with Crippen molar-refractivity contribution in [2.75, 3.05) is 4.72 Å². The molecule has 0 saturated heterocycles. The molecule has 0 aliphatic carbocycles. The molecule has 8 heteroatoms. The zero-order chi connectivity index (χ0) is 14.0. The third kappa shape index (κ3) is 3.43. The van der Waals surface area contributed by atoms with E-state index in [0.717, 1.165) is 10.0 Å². The Kier molecular flexibility index (Phi) is 4.07. The summed E-state index contributed by atoms with van der Waals surface area (Å²) in [5.74, 6) is 0.126. The Labute approximate surface area is 124 Å². The molecule has 0 bridgehead atoms. The van der Waals surface area contributed by atoms with Gasteiger partial charge < -0.3 is 0 Å². The van der Waals surface area contributed by atoms with E-state index in [4.69, 9.17) is 11.6 Å². The summed E-state index contributed by atoms with van der Waals surface area (Å²) < 4.78 is 27.5. The molecular weight excluding hydrogens is 354 g/mol. The van der Waals surface area contributed by atoms with Gasteiger partial charge in [-0.1, -0.05) is 27.5 Å². The predicted octanol–water partition coefficient (Wildman–Crippen LogP) is 3.00. The maximum absolute atomic E-state index is 12.1. The third-order valence-electron chi connectivity index (χ3n) is 2.31. The van der Waals surface area contributed by atoms with E-state index in [0.29, 0.717) is 0 Å². The molecule has 0 spiro atoms. The summed E-state index contributed by atoms with van der Waals surface area (Å²) in [4.78, 5) is 7.63. The number of benzene rings is 1. The minimum absolute atomic E-state index is 0.126. The Hall–Kier alpha value is -1.18. The molecular formula is C11H9BrClN3O2S. The van der Waals surface area contributed by atoms with Crippen molar-refractivity contribution in [3.63, 3.8) is 0 Å². The number of sulfonamides is 1. The highest BCUT2D eigenvalue weighted by atomic mass is 79.9. The molecule has 1 heterocycles. The van der Waals surface area contributed by atoms with E-state index in [9.17, 15) is 8.42 Å². The monoisotopic (exact) mass is 361 g/mol. The standard InChI is InChI=1S/C11H9BrClN3O2S/c1-7-4-8(2-3-9(7)12)19(17,18)16-11-5-10(13)14-6-15-11/h2-6H,1H3,(H,14,15,16). The fourth-order valence-corrected chi connectivity index (χ4v) is 2.85. The molecule has 19 heavy (non-hydrogen) atoms. The Bertz CT molecular complexity index is 722. The Morgan fingerprint density at radius 3 is 2.63 bits per heavy atom. The zero-order valence-electron chi connectivity index (χ0n) is 9.76. The van der Waals surface area contributed by atoms with Crippen LogP contribution in [0.5, 0.6) is 0 Å². The molecule has 0 fully saturated rings. The van der Waals surface area contributed by atoms with Crippen molar-refractivity contribution in [2.24, 2.45) is 0 Å². The molecule has 0 aliphatic rings. The number of hydrogen-bond donors (Lipinski definition) is 1. The Morgan fingerprint density at radius 2 is 2.00 bits per heavy atom. The van der Waals surface area contributed by atoms with Gasteiger partial charge in [-0.15, -0.1) is 0 Å². The topological polar surface area (TPSA) is 72.0 Å². The van der Waals surface area contributed by atoms with Gasteiger partial charge in [0.2, 0.25) is 0 Å². The van der Waals surface area contributed by atoms with Gasteiger partial charge in [-0.2, -0.15) is 0 Å². The molecule has 0 radical (unpaired) electrons. The molecule has 2 rings (SSSR count). The van der Waals surface area contributed by atoms with E-state index in [1.54, 1.807) is 12.1 Å². The van der Waals surface area contributed by atoms with Gasteiger partial charge in [0.05, 0.1) is 4.90 Å². The van der Waals surface area contributed by atoms with E-state index in [2.05, 4.69) is 30.6 Å². The van der Waals surface area contributed by atoms with Gasteiger partial charge in [0, 0.05) is 10.5 Å². The molecule has 5 nitrogen and oxygen atoms in total. The highest BCUT2D eigenvalue weighted by Gasteiger charge is 2.15. The largest absolute Gasteiger partial charge is 0.263 e. The molecule has 1 N–H and O–H groups in total. The van der Waals surface area contributed by atoms with E-state index < -0.39 is 10.0 Å². The van der Waals surface area contributed by atoms with Gasteiger partial charge in [-0.05, 0) is 30.7 Å². The van der Waals surface area contributed by atoms with Crippen molar-refractivity contribution < 1.29 is 8.42 Å². The van der Waals surface area contributed by atoms with E-state index in [1.165, 1.54) is 18.5 Å². The summed E-state index contributed by atoms with van der Waals surface area (Å²) >= 11 is 8.99. The quantitative estimate of drug-likeness (QED) is 0.852. The van der Waals surface area contributed by atoms with Gasteiger partial charge in [-0.25, -0.2) is 18.4 Å². The Balaban J connectivity index is 2.35. The molecule has 0 unspecified atom stereocenters. The Morgan fingerprint density at radius 1 is 1.26 bits per heavy atom. The number of aryl methyl sites for hydroxylation is 1. The van der Waals surface area contributed by atoms with Crippen LogP contribution in [0.3, 0.4) is 0 Å². The van der Waals surface area contributed by atoms with E-state index >= 15 is 0 Å². The highest BCUT2D eigenvalue weighted by Crippen LogP contribution is 2.21. The molecule has 0 atom stereocenters. The summed E-state index contributed by atoms with van der Waals surface area (Å²) in [6, 6.07) is 6.08. The lowest BCUT2D eigenvalue weighted by Gasteiger charge is -2.08. The van der Waals surface area contributed by atoms with Crippen molar-refractivity contribution in [1.82, 2.24) is 9.97 Å². The number of halogens is 2. The molecule has 2 aromatic rings. The van der Waals surface area contributed by atoms with Crippen molar-refractivity contribution in [3.05, 3.63) is 45.8 Å². The lowest BCUT2D eigenvalue weighted by molar-refractivity contribution is 0.601. The van der Waals surface area contributed by atoms with E-state index in [-0.39, 0.29) is 15.9 Å². The summed E-state index contributed by atoms with van der Waals surface area (Å²) in [5, 5.41) is 0.166. The van der Waals surface area contributed by atoms with Gasteiger partial charge in [0.15, 0.2) is 0 Å². The van der Waals surface area contributed by atoms with Crippen LogP contribution in [0.25, 0.3) is 0 Å². The molecule has 1 aromatic carbocycles. The van der Waals surface area contributed by atoms with Crippen molar-refractivity contribution in [2.45, 2.75) is 11.8 Å². The number of anilines is 1. The van der Waals surface area contributed by atoms with E-state index in [1.807, 2.05) is 6.92 Å². The number of hydrogen-bond acceptors (Lipinski definition) is 4. The van der Waals surface area contributed by atoms with Crippen LogP contribution < -0.4 is 4.72 Å². The number of aromatic nitrogens is 2. The first-order valence-corrected chi connectivity index (χ1v) is 7.80. The molecule has 0 aliphatic heterocycles. The fourth-order valence-electron chi connectivity index (χ4n) is 1.37. The normalized spacial score (nSPS) is 11.3. The van der Waals surface area contributed by atoms with Crippen LogP contribution in [-0.2, 0) is 10.0 Å². The van der Waals surface area contributed by atoms with Gasteiger partial charge in [0.1, 0.15) is 17.3 Å². The minimum Gasteiger partial charge on any atom is -0.263 e. The highest BCUT2D eigenvalue weighted by molar-refractivity contribution is 9.10. The average Bonchev–Trinajstić information content (AvgIpc) is 2.32. The summed E-state index contributed by atoms with van der Waals surface area (Å²) in [6.45, 7) is 1.81. The number of nitrogens with one attached hydrogen (secondary N) is 1. The fraction of sp³-hybridized carbons (Fsp3) is 0.0909. The molecule has 1 aromatic heterocycles. The summed E-state index contributed by atoms with van der Waals surface area (Å²) in [5.41, 5.74) is 0.823. The second-order valence-corrected chi connectivity index (χ2v) is 6.67. The van der Waals surface area contributed by atoms with Crippen LogP contribution >= 0.6 is 27.5 Å². The maximum atomic E-state index is 12.1. The van der Waals surface area contributed by atoms with Crippen LogP contribution in [0.1, 0.15) is 5.56 Å². The SMILES string of the molecule is Cc1cc(S(=O)(=O)Nc2cc(Cl)ncn2)ccc1Br. The second-order valence-electron chi connectivity index (χ2n) is 3.74. The zero-order valence-corrected chi connectivity index (χ0v) is 12.9.